The molecule has 40 heavy (non-hydrogen) atoms. The third-order valence-electron chi connectivity index (χ3n) is 5.98. The second kappa shape index (κ2) is 16.5. The van der Waals surface area contributed by atoms with Gasteiger partial charge in [-0.1, -0.05) is 30.9 Å². The maximum absolute atomic E-state index is 12.5. The van der Waals surface area contributed by atoms with Gasteiger partial charge in [0.1, 0.15) is 11.9 Å². The summed E-state index contributed by atoms with van der Waals surface area (Å²) in [6.07, 6.45) is 7.16. The highest BCUT2D eigenvalue weighted by atomic mass is 16.2. The highest BCUT2D eigenvalue weighted by molar-refractivity contribution is 5.92. The number of likely N-dealkylation sites (N-methyl/N-ethyl adjacent to an activating group) is 2. The molecule has 2 aromatic rings. The highest BCUT2D eigenvalue weighted by Crippen LogP contribution is 2.20. The topological polar surface area (TPSA) is 117 Å². The number of carbonyl (C=O) groups is 2. The first-order chi connectivity index (χ1) is 19.2. The number of unbranched alkanes of at least 4 members (excludes halogenated alkanes) is 1. The number of hydrogen-bond acceptors (Lipinski definition) is 8. The number of aromatic nitrogens is 2. The van der Waals surface area contributed by atoms with E-state index in [1.165, 1.54) is 11.0 Å². The number of nitriles is 1. The van der Waals surface area contributed by atoms with E-state index in [2.05, 4.69) is 45.4 Å². The van der Waals surface area contributed by atoms with Crippen molar-refractivity contribution in [2.45, 2.75) is 39.2 Å². The average Bonchev–Trinajstić information content (AvgIpc) is 2.94. The Morgan fingerprint density at radius 1 is 1.20 bits per heavy atom. The van der Waals surface area contributed by atoms with E-state index in [1.807, 2.05) is 37.0 Å². The predicted octanol–water partition coefficient (Wildman–Crippen LogP) is 3.15. The van der Waals surface area contributed by atoms with Crippen molar-refractivity contribution in [3.63, 3.8) is 0 Å². The van der Waals surface area contributed by atoms with Crippen LogP contribution in [0.1, 0.15) is 44.2 Å². The fourth-order valence-electron chi connectivity index (χ4n) is 3.59. The van der Waals surface area contributed by atoms with Crippen molar-refractivity contribution < 1.29 is 9.59 Å². The van der Waals surface area contributed by atoms with Crippen molar-refractivity contribution in [1.82, 2.24) is 25.1 Å². The molecule has 0 unspecified atom stereocenters. The van der Waals surface area contributed by atoms with E-state index in [-0.39, 0.29) is 11.8 Å². The largest absolute Gasteiger partial charge is 0.358 e. The van der Waals surface area contributed by atoms with Crippen LogP contribution in [-0.4, -0.2) is 85.4 Å². The number of carbonyl (C=O) groups excluding carboxylic acids is 2. The molecule has 1 atom stereocenters. The molecule has 10 nitrogen and oxygen atoms in total. The molecule has 2 N–H and O–H groups in total. The fraction of sp³-hybridized carbons (Fsp3) is 0.433. The monoisotopic (exact) mass is 544 g/mol. The lowest BCUT2D eigenvalue weighted by Crippen LogP contribution is -2.45. The van der Waals surface area contributed by atoms with Gasteiger partial charge in [0, 0.05) is 51.9 Å². The number of amides is 2. The molecule has 0 saturated carbocycles. The molecule has 0 radical (unpaired) electrons. The molecule has 1 aromatic heterocycles. The van der Waals surface area contributed by atoms with Gasteiger partial charge in [0.05, 0.1) is 23.4 Å². The van der Waals surface area contributed by atoms with Gasteiger partial charge in [0.25, 0.3) is 0 Å². The van der Waals surface area contributed by atoms with E-state index >= 15 is 0 Å². The van der Waals surface area contributed by atoms with Crippen LogP contribution in [0.3, 0.4) is 0 Å². The van der Waals surface area contributed by atoms with Crippen molar-refractivity contribution in [2.75, 3.05) is 58.0 Å². The zero-order valence-electron chi connectivity index (χ0n) is 24.4. The van der Waals surface area contributed by atoms with Gasteiger partial charge in [0.2, 0.25) is 17.8 Å². The molecule has 0 bridgehead atoms. The molecule has 10 heteroatoms. The van der Waals surface area contributed by atoms with Gasteiger partial charge >= 0.3 is 0 Å². The quantitative estimate of drug-likeness (QED) is 0.224. The molecule has 0 aliphatic rings. The molecular weight excluding hydrogens is 504 g/mol. The van der Waals surface area contributed by atoms with E-state index in [0.717, 1.165) is 24.5 Å². The Hall–Kier alpha value is -4.41. The summed E-state index contributed by atoms with van der Waals surface area (Å²) in [5.41, 5.74) is 2.00. The number of benzene rings is 1. The summed E-state index contributed by atoms with van der Waals surface area (Å²) in [6, 6.07) is 8.69. The third kappa shape index (κ3) is 10.4. The van der Waals surface area contributed by atoms with Gasteiger partial charge in [-0.15, -0.1) is 0 Å². The summed E-state index contributed by atoms with van der Waals surface area (Å²) >= 11 is 0. The zero-order valence-corrected chi connectivity index (χ0v) is 24.4. The Kier molecular flexibility index (Phi) is 13.1. The Morgan fingerprint density at radius 3 is 2.67 bits per heavy atom. The van der Waals surface area contributed by atoms with Crippen LogP contribution >= 0.6 is 0 Å². The zero-order chi connectivity index (χ0) is 29.5. The minimum atomic E-state index is -0.578. The molecule has 0 spiro atoms. The first-order valence-electron chi connectivity index (χ1n) is 13.4. The van der Waals surface area contributed by atoms with E-state index in [0.29, 0.717) is 43.0 Å². The predicted molar refractivity (Wildman–Crippen MR) is 159 cm³/mol. The maximum Gasteiger partial charge on any atom is 0.246 e. The maximum atomic E-state index is 12.5. The lowest BCUT2D eigenvalue weighted by molar-refractivity contribution is -0.135. The van der Waals surface area contributed by atoms with Gasteiger partial charge in [-0.3, -0.25) is 9.59 Å². The minimum Gasteiger partial charge on any atom is -0.358 e. The lowest BCUT2D eigenvalue weighted by atomic mass is 10.2. The fourth-order valence-corrected chi connectivity index (χ4v) is 3.59. The Bertz CT molecular complexity index is 1270. The smallest absolute Gasteiger partial charge is 0.246 e. The van der Waals surface area contributed by atoms with Crippen molar-refractivity contribution in [1.29, 1.82) is 5.26 Å². The second-order valence-electron chi connectivity index (χ2n) is 9.66. The molecular formula is C30H40N8O2. The van der Waals surface area contributed by atoms with Crippen molar-refractivity contribution >= 4 is 29.3 Å². The summed E-state index contributed by atoms with van der Waals surface area (Å²) < 4.78 is 0. The third-order valence-corrected chi connectivity index (χ3v) is 5.98. The second-order valence-corrected chi connectivity index (χ2v) is 9.66. The molecule has 0 fully saturated rings. The van der Waals surface area contributed by atoms with Crippen LogP contribution in [-0.2, 0) is 9.59 Å². The number of rotatable bonds is 13. The highest BCUT2D eigenvalue weighted by Gasteiger charge is 2.20. The molecule has 212 valence electrons. The molecule has 0 saturated heterocycles. The van der Waals surface area contributed by atoms with Crippen LogP contribution in [0.5, 0.6) is 0 Å². The van der Waals surface area contributed by atoms with Crippen LogP contribution in [0, 0.1) is 23.2 Å². The van der Waals surface area contributed by atoms with Gasteiger partial charge in [-0.05, 0) is 52.1 Å². The molecule has 1 aromatic carbocycles. The number of nitrogens with one attached hydrogen (secondary N) is 2. The van der Waals surface area contributed by atoms with Crippen LogP contribution in [0.15, 0.2) is 42.6 Å². The van der Waals surface area contributed by atoms with E-state index < -0.39 is 6.04 Å². The lowest BCUT2D eigenvalue weighted by Gasteiger charge is -2.23. The average molecular weight is 545 g/mol. The number of hydrogen-bond donors (Lipinski definition) is 2. The van der Waals surface area contributed by atoms with Gasteiger partial charge in [-0.25, -0.2) is 4.98 Å². The molecule has 2 rings (SSSR count). The molecule has 0 aliphatic carbocycles. The minimum absolute atomic E-state index is 0.204. The van der Waals surface area contributed by atoms with Crippen LogP contribution in [0.4, 0.5) is 17.5 Å². The van der Waals surface area contributed by atoms with Crippen molar-refractivity contribution in [3.8, 4) is 17.9 Å². The number of anilines is 3. The number of nitrogens with zero attached hydrogens (tertiary/aromatic N) is 6. The van der Waals surface area contributed by atoms with Gasteiger partial charge in [-0.2, -0.15) is 10.2 Å². The summed E-state index contributed by atoms with van der Waals surface area (Å²) in [5, 5.41) is 15.2. The normalized spacial score (nSPS) is 11.3. The van der Waals surface area contributed by atoms with E-state index in [9.17, 15) is 9.59 Å². The molecule has 2 amide bonds. The first-order valence-corrected chi connectivity index (χ1v) is 13.4. The van der Waals surface area contributed by atoms with Crippen molar-refractivity contribution in [2.24, 2.45) is 0 Å². The molecule has 1 heterocycles. The Morgan fingerprint density at radius 2 is 1.98 bits per heavy atom. The van der Waals surface area contributed by atoms with Crippen LogP contribution in [0.2, 0.25) is 0 Å². The van der Waals surface area contributed by atoms with Gasteiger partial charge in [0.15, 0.2) is 0 Å². The Labute approximate surface area is 238 Å². The summed E-state index contributed by atoms with van der Waals surface area (Å²) in [7, 11) is 7.43. The first kappa shape index (κ1) is 31.8. The summed E-state index contributed by atoms with van der Waals surface area (Å²) in [4.78, 5) is 39.3. The SMILES string of the molecule is CCCN(C)c1nc(Nc2cccc(C#N)c2)ncc1C#CCCCNC(=O)[C@H](C)N(C)C(=O)/C=C/CN(C)C. The van der Waals surface area contributed by atoms with Crippen LogP contribution < -0.4 is 15.5 Å². The standard InChI is InChI=1S/C30H40N8O2/c1-7-18-37(5)28-25(22-33-30(35-28)34-26-15-11-13-24(20-26)21-31)14-9-8-10-17-32-29(40)23(2)38(6)27(39)16-12-19-36(3)4/h11-13,15-16,20,22-23H,7-8,10,17-19H2,1-6H3,(H,32,40)(H,33,34,35)/b16-12+/t23-/m0/s1. The summed E-state index contributed by atoms with van der Waals surface area (Å²) in [5.74, 6) is 7.06. The summed E-state index contributed by atoms with van der Waals surface area (Å²) in [6.45, 7) is 5.73. The molecule has 0 aliphatic heterocycles. The van der Waals surface area contributed by atoms with E-state index in [1.54, 1.807) is 44.4 Å². The Balaban J connectivity index is 1.95. The van der Waals surface area contributed by atoms with Gasteiger partial charge < -0.3 is 25.3 Å². The van der Waals surface area contributed by atoms with Crippen LogP contribution in [0.25, 0.3) is 0 Å². The van der Waals surface area contributed by atoms with Crippen molar-refractivity contribution in [3.05, 3.63) is 53.7 Å². The van der Waals surface area contributed by atoms with E-state index in [4.69, 9.17) is 5.26 Å².